The van der Waals surface area contributed by atoms with E-state index < -0.39 is 0 Å². The van der Waals surface area contributed by atoms with Crippen molar-refractivity contribution in [1.82, 2.24) is 15.1 Å². The van der Waals surface area contributed by atoms with Crippen molar-refractivity contribution in [2.75, 3.05) is 18.0 Å². The highest BCUT2D eigenvalue weighted by Crippen LogP contribution is 2.25. The van der Waals surface area contributed by atoms with Crippen LogP contribution in [0.25, 0.3) is 0 Å². The number of nitrogens with zero attached hydrogens (tertiary/aromatic N) is 3. The summed E-state index contributed by atoms with van der Waals surface area (Å²) in [5.41, 5.74) is 5.51. The van der Waals surface area contributed by atoms with Crippen molar-refractivity contribution in [3.8, 4) is 0 Å². The van der Waals surface area contributed by atoms with Gasteiger partial charge < -0.3 is 10.6 Å². The molecule has 0 saturated heterocycles. The first-order chi connectivity index (χ1) is 9.58. The largest absolute Gasteiger partial charge is 0.374 e. The molecule has 0 aliphatic carbocycles. The van der Waals surface area contributed by atoms with E-state index in [1.54, 1.807) is 11.3 Å². The zero-order valence-corrected chi connectivity index (χ0v) is 14.7. The maximum absolute atomic E-state index is 12.2. The van der Waals surface area contributed by atoms with Crippen molar-refractivity contribution < 1.29 is 4.79 Å². The number of hydrogen-bond donors (Lipinski definition) is 1. The van der Waals surface area contributed by atoms with E-state index in [1.165, 1.54) is 23.1 Å². The zero-order chi connectivity index (χ0) is 14.5. The van der Waals surface area contributed by atoms with Crippen molar-refractivity contribution >= 4 is 61.4 Å². The molecule has 0 spiro atoms. The number of carbonyl (C=O) groups excluding carboxylic acids is 1. The Bertz CT molecular complexity index is 586. The minimum Gasteiger partial charge on any atom is -0.374 e. The predicted molar refractivity (Wildman–Crippen MR) is 88.2 cm³/mol. The molecule has 5 nitrogen and oxygen atoms in total. The van der Waals surface area contributed by atoms with Gasteiger partial charge >= 0.3 is 0 Å². The van der Waals surface area contributed by atoms with Crippen LogP contribution in [-0.2, 0) is 11.3 Å². The Balaban J connectivity index is 1.88. The van der Waals surface area contributed by atoms with Gasteiger partial charge in [0, 0.05) is 11.4 Å². The van der Waals surface area contributed by atoms with Crippen LogP contribution in [0.1, 0.15) is 11.8 Å². The SMILES string of the molecule is CCN(Cc1ccc(Br)s1)C(=O)CSc1nnc(N)s1. The van der Waals surface area contributed by atoms with E-state index in [-0.39, 0.29) is 5.91 Å². The number of rotatable bonds is 6. The average Bonchev–Trinajstić information content (AvgIpc) is 3.02. The molecule has 2 aromatic heterocycles. The van der Waals surface area contributed by atoms with Crippen molar-refractivity contribution in [3.63, 3.8) is 0 Å². The van der Waals surface area contributed by atoms with Gasteiger partial charge in [-0.05, 0) is 35.0 Å². The summed E-state index contributed by atoms with van der Waals surface area (Å²) in [7, 11) is 0. The molecule has 0 unspecified atom stereocenters. The third kappa shape index (κ3) is 4.44. The molecule has 0 radical (unpaired) electrons. The van der Waals surface area contributed by atoms with Crippen LogP contribution in [0, 0.1) is 0 Å². The maximum Gasteiger partial charge on any atom is 0.233 e. The predicted octanol–water partition coefficient (Wildman–Crippen LogP) is 3.09. The molecule has 2 heterocycles. The Morgan fingerprint density at radius 2 is 2.25 bits per heavy atom. The van der Waals surface area contributed by atoms with E-state index in [4.69, 9.17) is 5.73 Å². The van der Waals surface area contributed by atoms with Crippen LogP contribution in [0.3, 0.4) is 0 Å². The summed E-state index contributed by atoms with van der Waals surface area (Å²) >= 11 is 7.75. The Morgan fingerprint density at radius 3 is 2.80 bits per heavy atom. The topological polar surface area (TPSA) is 72.1 Å². The third-order valence-electron chi connectivity index (χ3n) is 2.45. The Hall–Kier alpha value is -0.640. The van der Waals surface area contributed by atoms with Crippen molar-refractivity contribution in [3.05, 3.63) is 20.8 Å². The third-order valence-corrected chi connectivity index (χ3v) is 5.93. The van der Waals surface area contributed by atoms with Crippen molar-refractivity contribution in [2.24, 2.45) is 0 Å². The van der Waals surface area contributed by atoms with E-state index in [2.05, 4.69) is 26.1 Å². The normalized spacial score (nSPS) is 10.7. The summed E-state index contributed by atoms with van der Waals surface area (Å²) in [6, 6.07) is 4.03. The van der Waals surface area contributed by atoms with Gasteiger partial charge in [0.15, 0.2) is 4.34 Å². The van der Waals surface area contributed by atoms with Crippen LogP contribution in [0.15, 0.2) is 20.3 Å². The molecule has 0 aromatic carbocycles. The maximum atomic E-state index is 12.2. The highest BCUT2D eigenvalue weighted by atomic mass is 79.9. The molecule has 0 saturated carbocycles. The second-order valence-corrected chi connectivity index (χ2v) is 8.59. The average molecular weight is 393 g/mol. The molecule has 9 heteroatoms. The zero-order valence-electron chi connectivity index (χ0n) is 10.7. The fourth-order valence-corrected chi connectivity index (χ4v) is 4.53. The van der Waals surface area contributed by atoms with E-state index in [1.807, 2.05) is 24.0 Å². The van der Waals surface area contributed by atoms with Crippen molar-refractivity contribution in [2.45, 2.75) is 17.8 Å². The molecule has 1 amide bonds. The monoisotopic (exact) mass is 392 g/mol. The molecule has 2 rings (SSSR count). The quantitative estimate of drug-likeness (QED) is 0.764. The van der Waals surface area contributed by atoms with Gasteiger partial charge in [0.2, 0.25) is 11.0 Å². The van der Waals surface area contributed by atoms with Gasteiger partial charge in [-0.25, -0.2) is 0 Å². The number of nitrogens with two attached hydrogens (primary N) is 1. The lowest BCUT2D eigenvalue weighted by molar-refractivity contribution is -0.128. The Morgan fingerprint density at radius 1 is 1.45 bits per heavy atom. The molecule has 0 fully saturated rings. The Labute approximate surface area is 137 Å². The smallest absolute Gasteiger partial charge is 0.233 e. The molecule has 0 aliphatic heterocycles. The van der Waals surface area contributed by atoms with Crippen LogP contribution >= 0.6 is 50.4 Å². The van der Waals surface area contributed by atoms with Crippen molar-refractivity contribution in [1.29, 1.82) is 0 Å². The van der Waals surface area contributed by atoms with E-state index in [0.717, 1.165) is 13.0 Å². The summed E-state index contributed by atoms with van der Waals surface area (Å²) in [6.07, 6.45) is 0. The van der Waals surface area contributed by atoms with E-state index in [0.29, 0.717) is 24.0 Å². The summed E-state index contributed by atoms with van der Waals surface area (Å²) < 4.78 is 1.81. The van der Waals surface area contributed by atoms with Gasteiger partial charge in [-0.15, -0.1) is 21.5 Å². The molecule has 0 aliphatic rings. The number of anilines is 1. The molecular formula is C11H13BrN4OS3. The summed E-state index contributed by atoms with van der Waals surface area (Å²) in [4.78, 5) is 15.2. The van der Waals surface area contributed by atoms with Crippen LogP contribution in [0.2, 0.25) is 0 Å². The number of amides is 1. The Kier molecular flexibility index (Phi) is 5.82. The molecule has 0 bridgehead atoms. The van der Waals surface area contributed by atoms with E-state index in [9.17, 15) is 4.79 Å². The minimum atomic E-state index is 0.0933. The molecule has 2 aromatic rings. The number of nitrogen functional groups attached to an aromatic ring is 1. The van der Waals surface area contributed by atoms with Crippen LogP contribution in [0.5, 0.6) is 0 Å². The lowest BCUT2D eigenvalue weighted by Gasteiger charge is -2.19. The van der Waals surface area contributed by atoms with Gasteiger partial charge in [-0.3, -0.25) is 4.79 Å². The second-order valence-electron chi connectivity index (χ2n) is 3.81. The van der Waals surface area contributed by atoms with Gasteiger partial charge in [0.05, 0.1) is 16.1 Å². The van der Waals surface area contributed by atoms with Crippen LogP contribution in [-0.4, -0.2) is 33.3 Å². The first kappa shape index (κ1) is 15.7. The number of hydrogen-bond acceptors (Lipinski definition) is 7. The fourth-order valence-electron chi connectivity index (χ4n) is 1.49. The van der Waals surface area contributed by atoms with Crippen LogP contribution in [0.4, 0.5) is 5.13 Å². The summed E-state index contributed by atoms with van der Waals surface area (Å²) in [5, 5.41) is 8.05. The first-order valence-electron chi connectivity index (χ1n) is 5.82. The number of carbonyl (C=O) groups is 1. The molecular weight excluding hydrogens is 380 g/mol. The second kappa shape index (κ2) is 7.39. The highest BCUT2D eigenvalue weighted by Gasteiger charge is 2.14. The number of halogens is 1. The summed E-state index contributed by atoms with van der Waals surface area (Å²) in [6.45, 7) is 3.31. The fraction of sp³-hybridized carbons (Fsp3) is 0.364. The molecule has 20 heavy (non-hydrogen) atoms. The summed E-state index contributed by atoms with van der Waals surface area (Å²) in [5.74, 6) is 0.449. The van der Waals surface area contributed by atoms with Gasteiger partial charge in [-0.2, -0.15) is 0 Å². The number of aromatic nitrogens is 2. The molecule has 2 N–H and O–H groups in total. The van der Waals surface area contributed by atoms with Gasteiger partial charge in [-0.1, -0.05) is 23.1 Å². The van der Waals surface area contributed by atoms with Gasteiger partial charge in [0.25, 0.3) is 0 Å². The minimum absolute atomic E-state index is 0.0933. The standard InChI is InChI=1S/C11H13BrN4OS3/c1-2-16(5-7-3-4-8(12)19-7)9(17)6-18-11-15-14-10(13)20-11/h3-4H,2,5-6H2,1H3,(H2,13,14). The number of thioether (sulfide) groups is 1. The van der Waals surface area contributed by atoms with Crippen LogP contribution < -0.4 is 5.73 Å². The first-order valence-corrected chi connectivity index (χ1v) is 9.23. The lowest BCUT2D eigenvalue weighted by Crippen LogP contribution is -2.31. The van der Waals surface area contributed by atoms with E-state index >= 15 is 0 Å². The van der Waals surface area contributed by atoms with Gasteiger partial charge in [0.1, 0.15) is 0 Å². The highest BCUT2D eigenvalue weighted by molar-refractivity contribution is 9.11. The number of thiophene rings is 1. The molecule has 0 atom stereocenters. The lowest BCUT2D eigenvalue weighted by atomic mass is 10.4. The molecule has 108 valence electrons.